The van der Waals surface area contributed by atoms with Crippen LogP contribution in [0.15, 0.2) is 6.20 Å². The van der Waals surface area contributed by atoms with Gasteiger partial charge in [0.2, 0.25) is 0 Å². The van der Waals surface area contributed by atoms with Crippen LogP contribution in [0.4, 0.5) is 0 Å². The fraction of sp³-hybridized carbons (Fsp3) is 0.688. The lowest BCUT2D eigenvalue weighted by molar-refractivity contribution is 0.208. The number of pyridine rings is 1. The third-order valence-corrected chi connectivity index (χ3v) is 4.21. The fourth-order valence-electron chi connectivity index (χ4n) is 2.89. The minimum Gasteiger partial charge on any atom is -0.506 e. The summed E-state index contributed by atoms with van der Waals surface area (Å²) in [6.45, 7) is 7.80. The van der Waals surface area contributed by atoms with Gasteiger partial charge in [0.25, 0.3) is 0 Å². The molecule has 0 bridgehead atoms. The van der Waals surface area contributed by atoms with Crippen molar-refractivity contribution in [3.63, 3.8) is 0 Å². The first-order chi connectivity index (χ1) is 10.1. The Morgan fingerprint density at radius 1 is 1.33 bits per heavy atom. The number of rotatable bonds is 6. The minimum absolute atomic E-state index is 0.0988. The van der Waals surface area contributed by atoms with E-state index in [-0.39, 0.29) is 12.4 Å². The zero-order chi connectivity index (χ0) is 15.2. The number of hydrogen-bond donors (Lipinski definition) is 3. The van der Waals surface area contributed by atoms with E-state index >= 15 is 0 Å². The van der Waals surface area contributed by atoms with Gasteiger partial charge in [-0.15, -0.1) is 0 Å². The topological polar surface area (TPSA) is 68.6 Å². The summed E-state index contributed by atoms with van der Waals surface area (Å²) in [6, 6.07) is 0.350. The van der Waals surface area contributed by atoms with E-state index in [1.54, 1.807) is 13.1 Å². The van der Waals surface area contributed by atoms with Crippen molar-refractivity contribution in [2.45, 2.75) is 52.3 Å². The molecule has 0 amide bonds. The smallest absolute Gasteiger partial charge is 0.141 e. The quantitative estimate of drug-likeness (QED) is 0.742. The van der Waals surface area contributed by atoms with Gasteiger partial charge in [-0.3, -0.25) is 4.98 Å². The summed E-state index contributed by atoms with van der Waals surface area (Å²) >= 11 is 0. The van der Waals surface area contributed by atoms with Crippen molar-refractivity contribution in [2.24, 2.45) is 0 Å². The summed E-state index contributed by atoms with van der Waals surface area (Å²) in [6.07, 6.45) is 5.58. The summed E-state index contributed by atoms with van der Waals surface area (Å²) in [5.41, 5.74) is 2.05. The number of hydrogen-bond acceptors (Lipinski definition) is 5. The van der Waals surface area contributed by atoms with Crippen LogP contribution in [0.3, 0.4) is 0 Å². The normalized spacial score (nSPS) is 17.9. The van der Waals surface area contributed by atoms with Crippen LogP contribution >= 0.6 is 0 Å². The van der Waals surface area contributed by atoms with Gasteiger partial charge in [-0.1, -0.05) is 6.42 Å². The minimum atomic E-state index is -0.0988. The molecule has 1 saturated heterocycles. The molecule has 1 unspecified atom stereocenters. The van der Waals surface area contributed by atoms with Crippen molar-refractivity contribution >= 4 is 0 Å². The molecule has 2 rings (SSSR count). The third-order valence-electron chi connectivity index (χ3n) is 4.21. The first-order valence-corrected chi connectivity index (χ1v) is 7.84. The van der Waals surface area contributed by atoms with Gasteiger partial charge in [-0.25, -0.2) is 0 Å². The molecule has 1 fully saturated rings. The summed E-state index contributed by atoms with van der Waals surface area (Å²) < 4.78 is 0. The second-order valence-corrected chi connectivity index (χ2v) is 6.00. The highest BCUT2D eigenvalue weighted by Crippen LogP contribution is 2.23. The number of aliphatic hydroxyl groups excluding tert-OH is 1. The average Bonchev–Trinajstić information content (AvgIpc) is 2.49. The second kappa shape index (κ2) is 7.73. The van der Waals surface area contributed by atoms with E-state index in [2.05, 4.69) is 22.1 Å². The SMILES string of the molecule is Cc1ncc(CO)c(CNC(C)CN2CCCCC2)c1O. The highest BCUT2D eigenvalue weighted by Gasteiger charge is 2.15. The van der Waals surface area contributed by atoms with E-state index in [0.717, 1.165) is 12.1 Å². The predicted octanol–water partition coefficient (Wildman–Crippen LogP) is 1.55. The van der Waals surface area contributed by atoms with E-state index in [4.69, 9.17) is 0 Å². The number of aryl methyl sites for hydroxylation is 1. The van der Waals surface area contributed by atoms with Crippen molar-refractivity contribution in [2.75, 3.05) is 19.6 Å². The molecule has 118 valence electrons. The van der Waals surface area contributed by atoms with E-state index in [1.807, 2.05) is 0 Å². The number of aromatic hydroxyl groups is 1. The van der Waals surface area contributed by atoms with Crippen LogP contribution in [-0.4, -0.2) is 45.8 Å². The van der Waals surface area contributed by atoms with E-state index in [1.165, 1.54) is 32.4 Å². The lowest BCUT2D eigenvalue weighted by atomic mass is 10.1. The van der Waals surface area contributed by atoms with Crippen LogP contribution in [-0.2, 0) is 13.2 Å². The van der Waals surface area contributed by atoms with Crippen molar-refractivity contribution in [1.82, 2.24) is 15.2 Å². The Hall–Kier alpha value is -1.17. The summed E-state index contributed by atoms with van der Waals surface area (Å²) in [4.78, 5) is 6.58. The number of aliphatic hydroxyl groups is 1. The molecule has 0 aromatic carbocycles. The van der Waals surface area contributed by atoms with Gasteiger partial charge < -0.3 is 20.4 Å². The number of aromatic nitrogens is 1. The zero-order valence-electron chi connectivity index (χ0n) is 13.1. The summed E-state index contributed by atoms with van der Waals surface area (Å²) in [5.74, 6) is 0.194. The molecule has 3 N–H and O–H groups in total. The maximum Gasteiger partial charge on any atom is 0.141 e. The van der Waals surface area contributed by atoms with Crippen LogP contribution in [0.1, 0.15) is 43.0 Å². The van der Waals surface area contributed by atoms with Crippen molar-refractivity contribution < 1.29 is 10.2 Å². The second-order valence-electron chi connectivity index (χ2n) is 6.00. The third kappa shape index (κ3) is 4.40. The maximum absolute atomic E-state index is 10.1. The van der Waals surface area contributed by atoms with Crippen LogP contribution in [0.5, 0.6) is 5.75 Å². The van der Waals surface area contributed by atoms with Crippen molar-refractivity contribution in [1.29, 1.82) is 0 Å². The van der Waals surface area contributed by atoms with Gasteiger partial charge in [0, 0.05) is 36.5 Å². The Balaban J connectivity index is 1.91. The average molecular weight is 293 g/mol. The molecule has 0 spiro atoms. The molecule has 0 saturated carbocycles. The highest BCUT2D eigenvalue weighted by molar-refractivity contribution is 5.40. The number of piperidine rings is 1. The van der Waals surface area contributed by atoms with Crippen LogP contribution in [0.2, 0.25) is 0 Å². The highest BCUT2D eigenvalue weighted by atomic mass is 16.3. The molecule has 2 heterocycles. The van der Waals surface area contributed by atoms with Crippen LogP contribution in [0.25, 0.3) is 0 Å². The van der Waals surface area contributed by atoms with E-state index in [9.17, 15) is 10.2 Å². The lowest BCUT2D eigenvalue weighted by Crippen LogP contribution is -2.41. The molecule has 0 radical (unpaired) electrons. The molecule has 1 atom stereocenters. The molecule has 5 heteroatoms. The molecular formula is C16H27N3O2. The van der Waals surface area contributed by atoms with Crippen molar-refractivity contribution in [3.05, 3.63) is 23.0 Å². The van der Waals surface area contributed by atoms with Gasteiger partial charge in [-0.05, 0) is 39.8 Å². The molecule has 1 aliphatic rings. The van der Waals surface area contributed by atoms with Gasteiger partial charge in [0.15, 0.2) is 0 Å². The first kappa shape index (κ1) is 16.2. The van der Waals surface area contributed by atoms with Crippen LogP contribution < -0.4 is 5.32 Å². The Bertz CT molecular complexity index is 459. The Labute approximate surface area is 127 Å². The number of nitrogens with zero attached hydrogens (tertiary/aromatic N) is 2. The van der Waals surface area contributed by atoms with Crippen LogP contribution in [0, 0.1) is 6.92 Å². The Morgan fingerprint density at radius 3 is 2.71 bits per heavy atom. The number of nitrogens with one attached hydrogen (secondary N) is 1. The zero-order valence-corrected chi connectivity index (χ0v) is 13.1. The molecule has 21 heavy (non-hydrogen) atoms. The predicted molar refractivity (Wildman–Crippen MR) is 83.2 cm³/mol. The maximum atomic E-state index is 10.1. The molecule has 1 aromatic rings. The summed E-state index contributed by atoms with van der Waals surface area (Å²) in [7, 11) is 0. The van der Waals surface area contributed by atoms with Crippen molar-refractivity contribution in [3.8, 4) is 5.75 Å². The van der Waals surface area contributed by atoms with E-state index < -0.39 is 0 Å². The van der Waals surface area contributed by atoms with Gasteiger partial charge >= 0.3 is 0 Å². The van der Waals surface area contributed by atoms with Gasteiger partial charge in [-0.2, -0.15) is 0 Å². The number of likely N-dealkylation sites (tertiary alicyclic amines) is 1. The fourth-order valence-corrected chi connectivity index (χ4v) is 2.89. The standard InChI is InChI=1S/C16H27N3O2/c1-12(10-19-6-4-3-5-7-19)17-9-15-14(11-20)8-18-13(2)16(15)21/h8,12,17,20-21H,3-7,9-11H2,1-2H3. The van der Waals surface area contributed by atoms with Gasteiger partial charge in [0.1, 0.15) is 5.75 Å². The van der Waals surface area contributed by atoms with Gasteiger partial charge in [0.05, 0.1) is 12.3 Å². The lowest BCUT2D eigenvalue weighted by Gasteiger charge is -2.29. The monoisotopic (exact) mass is 293 g/mol. The molecule has 5 nitrogen and oxygen atoms in total. The molecule has 1 aromatic heterocycles. The molecule has 1 aliphatic heterocycles. The Kier molecular flexibility index (Phi) is 5.96. The molecule has 0 aliphatic carbocycles. The Morgan fingerprint density at radius 2 is 2.05 bits per heavy atom. The van der Waals surface area contributed by atoms with E-state index in [0.29, 0.717) is 23.8 Å². The first-order valence-electron chi connectivity index (χ1n) is 7.84. The molecular weight excluding hydrogens is 266 g/mol. The largest absolute Gasteiger partial charge is 0.506 e. The summed E-state index contributed by atoms with van der Waals surface area (Å²) in [5, 5.41) is 22.9.